The Morgan fingerprint density at radius 1 is 1.14 bits per heavy atom. The van der Waals surface area contributed by atoms with Gasteiger partial charge < -0.3 is 20.5 Å². The Morgan fingerprint density at radius 2 is 1.90 bits per heavy atom. The van der Waals surface area contributed by atoms with Crippen molar-refractivity contribution in [2.45, 2.75) is 6.92 Å². The molecule has 5 heteroatoms. The SMILES string of the molecule is COc1ccc(OC)c(NC(=O)c2cccc(N)c2C)c1. The van der Waals surface area contributed by atoms with Crippen molar-refractivity contribution in [3.63, 3.8) is 0 Å². The maximum Gasteiger partial charge on any atom is 0.256 e. The van der Waals surface area contributed by atoms with Gasteiger partial charge in [0.15, 0.2) is 0 Å². The number of nitrogens with one attached hydrogen (secondary N) is 1. The topological polar surface area (TPSA) is 73.6 Å². The van der Waals surface area contributed by atoms with Gasteiger partial charge in [0.05, 0.1) is 19.9 Å². The van der Waals surface area contributed by atoms with E-state index in [9.17, 15) is 4.79 Å². The highest BCUT2D eigenvalue weighted by Crippen LogP contribution is 2.29. The molecule has 0 aliphatic rings. The molecule has 2 rings (SSSR count). The summed E-state index contributed by atoms with van der Waals surface area (Å²) in [5, 5.41) is 2.82. The summed E-state index contributed by atoms with van der Waals surface area (Å²) in [6.07, 6.45) is 0. The second kappa shape index (κ2) is 6.17. The predicted molar refractivity (Wildman–Crippen MR) is 83.1 cm³/mol. The van der Waals surface area contributed by atoms with E-state index in [1.165, 1.54) is 0 Å². The van der Waals surface area contributed by atoms with Gasteiger partial charge in [-0.1, -0.05) is 6.07 Å². The van der Waals surface area contributed by atoms with Crippen molar-refractivity contribution in [3.05, 3.63) is 47.5 Å². The summed E-state index contributed by atoms with van der Waals surface area (Å²) in [6, 6.07) is 10.4. The Balaban J connectivity index is 2.33. The fourth-order valence-electron chi connectivity index (χ4n) is 2.00. The zero-order chi connectivity index (χ0) is 15.4. The Bertz CT molecular complexity index is 669. The minimum atomic E-state index is -0.244. The third-order valence-electron chi connectivity index (χ3n) is 3.28. The van der Waals surface area contributed by atoms with Gasteiger partial charge in [-0.05, 0) is 36.8 Å². The fraction of sp³-hybridized carbons (Fsp3) is 0.188. The molecule has 0 atom stereocenters. The van der Waals surface area contributed by atoms with Crippen molar-refractivity contribution >= 4 is 17.3 Å². The average molecular weight is 286 g/mol. The van der Waals surface area contributed by atoms with Crippen molar-refractivity contribution in [2.75, 3.05) is 25.3 Å². The molecule has 0 fully saturated rings. The minimum absolute atomic E-state index is 0.244. The van der Waals surface area contributed by atoms with E-state index in [1.807, 2.05) is 6.92 Å². The van der Waals surface area contributed by atoms with Crippen LogP contribution in [0, 0.1) is 6.92 Å². The summed E-state index contributed by atoms with van der Waals surface area (Å²) in [7, 11) is 3.11. The summed E-state index contributed by atoms with van der Waals surface area (Å²) in [5.41, 5.74) is 8.23. The number of rotatable bonds is 4. The Hall–Kier alpha value is -2.69. The molecule has 0 aromatic heterocycles. The van der Waals surface area contributed by atoms with E-state index in [0.717, 1.165) is 5.56 Å². The maximum atomic E-state index is 12.4. The number of carbonyl (C=O) groups excluding carboxylic acids is 1. The van der Waals surface area contributed by atoms with Gasteiger partial charge in [-0.3, -0.25) is 4.79 Å². The number of nitrogens with two attached hydrogens (primary N) is 1. The lowest BCUT2D eigenvalue weighted by Crippen LogP contribution is -2.14. The smallest absolute Gasteiger partial charge is 0.256 e. The molecular formula is C16H18N2O3. The number of carbonyl (C=O) groups is 1. The van der Waals surface area contributed by atoms with Crippen LogP contribution in [-0.4, -0.2) is 20.1 Å². The van der Waals surface area contributed by atoms with Crippen LogP contribution in [0.5, 0.6) is 11.5 Å². The highest BCUT2D eigenvalue weighted by Gasteiger charge is 2.13. The number of ether oxygens (including phenoxy) is 2. The largest absolute Gasteiger partial charge is 0.497 e. The predicted octanol–water partition coefficient (Wildman–Crippen LogP) is 2.85. The molecule has 0 radical (unpaired) electrons. The van der Waals surface area contributed by atoms with Crippen molar-refractivity contribution < 1.29 is 14.3 Å². The third-order valence-corrected chi connectivity index (χ3v) is 3.28. The number of anilines is 2. The van der Waals surface area contributed by atoms with E-state index in [4.69, 9.17) is 15.2 Å². The van der Waals surface area contributed by atoms with Gasteiger partial charge in [0, 0.05) is 17.3 Å². The summed E-state index contributed by atoms with van der Waals surface area (Å²) in [6.45, 7) is 1.81. The Morgan fingerprint density at radius 3 is 2.57 bits per heavy atom. The zero-order valence-corrected chi connectivity index (χ0v) is 12.3. The van der Waals surface area contributed by atoms with Crippen molar-refractivity contribution in [2.24, 2.45) is 0 Å². The first-order valence-corrected chi connectivity index (χ1v) is 6.45. The molecular weight excluding hydrogens is 268 g/mol. The average Bonchev–Trinajstić information content (AvgIpc) is 2.49. The Labute approximate surface area is 123 Å². The van der Waals surface area contributed by atoms with Crippen molar-refractivity contribution in [3.8, 4) is 11.5 Å². The van der Waals surface area contributed by atoms with Gasteiger partial charge in [0.2, 0.25) is 0 Å². The van der Waals surface area contributed by atoms with Gasteiger partial charge in [0.1, 0.15) is 11.5 Å². The maximum absolute atomic E-state index is 12.4. The highest BCUT2D eigenvalue weighted by atomic mass is 16.5. The standard InChI is InChI=1S/C16H18N2O3/c1-10-12(5-4-6-13(10)17)16(19)18-14-9-11(20-2)7-8-15(14)21-3/h4-9H,17H2,1-3H3,(H,18,19). The van der Waals surface area contributed by atoms with Gasteiger partial charge in [-0.2, -0.15) is 0 Å². The molecule has 0 bridgehead atoms. The van der Waals surface area contributed by atoms with E-state index < -0.39 is 0 Å². The van der Waals surface area contributed by atoms with Crippen molar-refractivity contribution in [1.82, 2.24) is 0 Å². The number of methoxy groups -OCH3 is 2. The van der Waals surface area contributed by atoms with Gasteiger partial charge in [-0.25, -0.2) is 0 Å². The monoisotopic (exact) mass is 286 g/mol. The Kier molecular flexibility index (Phi) is 4.33. The summed E-state index contributed by atoms with van der Waals surface area (Å²) >= 11 is 0. The van der Waals surface area contributed by atoms with Crippen LogP contribution in [0.4, 0.5) is 11.4 Å². The first-order valence-electron chi connectivity index (χ1n) is 6.45. The van der Waals surface area contributed by atoms with Crippen LogP contribution in [-0.2, 0) is 0 Å². The molecule has 110 valence electrons. The lowest BCUT2D eigenvalue weighted by molar-refractivity contribution is 0.102. The molecule has 1 amide bonds. The van der Waals surface area contributed by atoms with E-state index in [2.05, 4.69) is 5.32 Å². The second-order valence-electron chi connectivity index (χ2n) is 4.54. The lowest BCUT2D eigenvalue weighted by Gasteiger charge is -2.13. The van der Waals surface area contributed by atoms with Crippen molar-refractivity contribution in [1.29, 1.82) is 0 Å². The number of benzene rings is 2. The van der Waals surface area contributed by atoms with Gasteiger partial charge >= 0.3 is 0 Å². The van der Waals surface area contributed by atoms with Crippen LogP contribution in [0.1, 0.15) is 15.9 Å². The highest BCUT2D eigenvalue weighted by molar-refractivity contribution is 6.06. The molecule has 5 nitrogen and oxygen atoms in total. The molecule has 0 spiro atoms. The van der Waals surface area contributed by atoms with Gasteiger partial charge in [-0.15, -0.1) is 0 Å². The van der Waals surface area contributed by atoms with E-state index >= 15 is 0 Å². The van der Waals surface area contributed by atoms with E-state index in [0.29, 0.717) is 28.4 Å². The summed E-state index contributed by atoms with van der Waals surface area (Å²) in [5.74, 6) is 0.951. The van der Waals surface area contributed by atoms with Crippen LogP contribution in [0.25, 0.3) is 0 Å². The molecule has 0 aliphatic carbocycles. The van der Waals surface area contributed by atoms with Crippen LogP contribution in [0.15, 0.2) is 36.4 Å². The van der Waals surface area contributed by atoms with Crippen LogP contribution in [0.3, 0.4) is 0 Å². The first kappa shape index (κ1) is 14.7. The van der Waals surface area contributed by atoms with Crippen LogP contribution in [0.2, 0.25) is 0 Å². The fourth-order valence-corrected chi connectivity index (χ4v) is 2.00. The molecule has 0 heterocycles. The number of hydrogen-bond donors (Lipinski definition) is 2. The quantitative estimate of drug-likeness (QED) is 0.848. The number of amides is 1. The van der Waals surface area contributed by atoms with Crippen LogP contribution >= 0.6 is 0 Å². The van der Waals surface area contributed by atoms with E-state index in [1.54, 1.807) is 50.6 Å². The molecule has 0 saturated carbocycles. The number of nitrogen functional groups attached to an aromatic ring is 1. The molecule has 0 saturated heterocycles. The number of hydrogen-bond acceptors (Lipinski definition) is 4. The molecule has 2 aromatic carbocycles. The zero-order valence-electron chi connectivity index (χ0n) is 12.3. The molecule has 3 N–H and O–H groups in total. The first-order chi connectivity index (χ1) is 10.1. The third kappa shape index (κ3) is 3.08. The minimum Gasteiger partial charge on any atom is -0.497 e. The van der Waals surface area contributed by atoms with E-state index in [-0.39, 0.29) is 5.91 Å². The lowest BCUT2D eigenvalue weighted by atomic mass is 10.1. The molecule has 2 aromatic rings. The second-order valence-corrected chi connectivity index (χ2v) is 4.54. The summed E-state index contributed by atoms with van der Waals surface area (Å²) < 4.78 is 10.4. The normalized spacial score (nSPS) is 10.0. The molecule has 0 unspecified atom stereocenters. The summed E-state index contributed by atoms with van der Waals surface area (Å²) in [4.78, 5) is 12.4. The van der Waals surface area contributed by atoms with Crippen LogP contribution < -0.4 is 20.5 Å². The molecule has 0 aliphatic heterocycles. The molecule has 21 heavy (non-hydrogen) atoms. The van der Waals surface area contributed by atoms with Gasteiger partial charge in [0.25, 0.3) is 5.91 Å².